The van der Waals surface area contributed by atoms with E-state index in [1.54, 1.807) is 26.3 Å². The minimum Gasteiger partial charge on any atom is -0.496 e. The number of para-hydroxylation sites is 1. The lowest BCUT2D eigenvalue weighted by molar-refractivity contribution is -0.123. The van der Waals surface area contributed by atoms with E-state index in [1.807, 2.05) is 61.5 Å². The lowest BCUT2D eigenvalue weighted by Gasteiger charge is -2.18. The van der Waals surface area contributed by atoms with Crippen molar-refractivity contribution in [3.05, 3.63) is 90.0 Å². The SMILES string of the molecule is COc1ccccc1[C@@H](C)NC(=O)COc1ccc(S(=O)(=O)N(C)Cc2ccccc2)cc1. The zero-order chi connectivity index (χ0) is 23.8. The molecule has 0 radical (unpaired) electrons. The second-order valence-electron chi connectivity index (χ2n) is 7.54. The maximum atomic E-state index is 12.8. The van der Waals surface area contributed by atoms with E-state index in [1.165, 1.54) is 16.4 Å². The maximum Gasteiger partial charge on any atom is 0.258 e. The Labute approximate surface area is 195 Å². The third kappa shape index (κ3) is 6.34. The van der Waals surface area contributed by atoms with Gasteiger partial charge in [0.15, 0.2) is 6.61 Å². The summed E-state index contributed by atoms with van der Waals surface area (Å²) < 4.78 is 37.8. The molecule has 0 fully saturated rings. The zero-order valence-electron chi connectivity index (χ0n) is 18.9. The minimum atomic E-state index is -3.65. The van der Waals surface area contributed by atoms with Crippen molar-refractivity contribution in [2.45, 2.75) is 24.4 Å². The Balaban J connectivity index is 1.56. The van der Waals surface area contributed by atoms with Crippen molar-refractivity contribution in [2.75, 3.05) is 20.8 Å². The molecule has 0 spiro atoms. The van der Waals surface area contributed by atoms with Gasteiger partial charge in [-0.3, -0.25) is 4.79 Å². The van der Waals surface area contributed by atoms with E-state index in [9.17, 15) is 13.2 Å². The number of ether oxygens (including phenoxy) is 2. The standard InChI is InChI=1S/C25H28N2O5S/c1-19(23-11-7-8-12-24(23)31-3)26-25(28)18-32-21-13-15-22(16-14-21)33(29,30)27(2)17-20-9-5-4-6-10-20/h4-16,19H,17-18H2,1-3H3,(H,26,28)/t19-/m1/s1. The van der Waals surface area contributed by atoms with E-state index < -0.39 is 10.0 Å². The molecule has 1 amide bonds. The number of nitrogens with zero attached hydrogens (tertiary/aromatic N) is 1. The van der Waals surface area contributed by atoms with Crippen LogP contribution in [0.3, 0.4) is 0 Å². The summed E-state index contributed by atoms with van der Waals surface area (Å²) in [7, 11) is -0.527. The lowest BCUT2D eigenvalue weighted by Crippen LogP contribution is -2.31. The van der Waals surface area contributed by atoms with Gasteiger partial charge in [0.1, 0.15) is 11.5 Å². The topological polar surface area (TPSA) is 84.9 Å². The molecule has 1 atom stereocenters. The first-order chi connectivity index (χ1) is 15.8. The summed E-state index contributed by atoms with van der Waals surface area (Å²) in [5.74, 6) is 0.799. The van der Waals surface area contributed by atoms with Gasteiger partial charge in [-0.25, -0.2) is 8.42 Å². The van der Waals surface area contributed by atoms with Crippen LogP contribution < -0.4 is 14.8 Å². The smallest absolute Gasteiger partial charge is 0.258 e. The second kappa shape index (κ2) is 11.0. The van der Waals surface area contributed by atoms with E-state index >= 15 is 0 Å². The quantitative estimate of drug-likeness (QED) is 0.490. The first-order valence-corrected chi connectivity index (χ1v) is 11.9. The molecule has 0 bridgehead atoms. The molecular formula is C25H28N2O5S. The Morgan fingerprint density at radius 2 is 1.61 bits per heavy atom. The number of benzene rings is 3. The molecule has 0 aliphatic heterocycles. The fourth-order valence-electron chi connectivity index (χ4n) is 3.35. The number of carbonyl (C=O) groups excluding carboxylic acids is 1. The van der Waals surface area contributed by atoms with E-state index in [2.05, 4.69) is 5.32 Å². The molecule has 0 unspecified atom stereocenters. The fourth-order valence-corrected chi connectivity index (χ4v) is 4.51. The molecule has 0 saturated carbocycles. The predicted molar refractivity (Wildman–Crippen MR) is 127 cm³/mol. The lowest BCUT2D eigenvalue weighted by atomic mass is 10.1. The van der Waals surface area contributed by atoms with E-state index in [-0.39, 0.29) is 30.0 Å². The molecule has 174 valence electrons. The van der Waals surface area contributed by atoms with Gasteiger partial charge in [-0.1, -0.05) is 48.5 Å². The largest absolute Gasteiger partial charge is 0.496 e. The van der Waals surface area contributed by atoms with Gasteiger partial charge < -0.3 is 14.8 Å². The van der Waals surface area contributed by atoms with Gasteiger partial charge >= 0.3 is 0 Å². The van der Waals surface area contributed by atoms with Crippen LogP contribution in [-0.2, 0) is 21.4 Å². The van der Waals surface area contributed by atoms with Crippen molar-refractivity contribution in [3.8, 4) is 11.5 Å². The molecule has 0 saturated heterocycles. The minimum absolute atomic E-state index is 0.155. The molecule has 33 heavy (non-hydrogen) atoms. The van der Waals surface area contributed by atoms with Gasteiger partial charge in [-0.05, 0) is 42.8 Å². The molecular weight excluding hydrogens is 440 g/mol. The Morgan fingerprint density at radius 3 is 2.27 bits per heavy atom. The first-order valence-electron chi connectivity index (χ1n) is 10.5. The van der Waals surface area contributed by atoms with Crippen LogP contribution in [0.15, 0.2) is 83.8 Å². The van der Waals surface area contributed by atoms with Crippen LogP contribution in [0.4, 0.5) is 0 Å². The average Bonchev–Trinajstić information content (AvgIpc) is 2.83. The van der Waals surface area contributed by atoms with Crippen molar-refractivity contribution in [1.82, 2.24) is 9.62 Å². The van der Waals surface area contributed by atoms with Gasteiger partial charge in [0.2, 0.25) is 10.0 Å². The van der Waals surface area contributed by atoms with Crippen molar-refractivity contribution in [1.29, 1.82) is 0 Å². The van der Waals surface area contributed by atoms with Crippen LogP contribution in [-0.4, -0.2) is 39.4 Å². The van der Waals surface area contributed by atoms with Crippen molar-refractivity contribution in [2.24, 2.45) is 0 Å². The van der Waals surface area contributed by atoms with Crippen molar-refractivity contribution < 1.29 is 22.7 Å². The molecule has 0 heterocycles. The van der Waals surface area contributed by atoms with Crippen LogP contribution in [0.2, 0.25) is 0 Å². The third-order valence-electron chi connectivity index (χ3n) is 5.13. The van der Waals surface area contributed by atoms with Crippen LogP contribution in [0, 0.1) is 0 Å². The van der Waals surface area contributed by atoms with Crippen molar-refractivity contribution >= 4 is 15.9 Å². The number of hydrogen-bond acceptors (Lipinski definition) is 5. The molecule has 1 N–H and O–H groups in total. The summed E-state index contributed by atoms with van der Waals surface area (Å²) in [4.78, 5) is 12.5. The fraction of sp³-hybridized carbons (Fsp3) is 0.240. The second-order valence-corrected chi connectivity index (χ2v) is 9.58. The highest BCUT2D eigenvalue weighted by Gasteiger charge is 2.21. The van der Waals surface area contributed by atoms with E-state index in [4.69, 9.17) is 9.47 Å². The first kappa shape index (κ1) is 24.3. The number of hydrogen-bond donors (Lipinski definition) is 1. The van der Waals surface area contributed by atoms with E-state index in [0.29, 0.717) is 11.5 Å². The monoisotopic (exact) mass is 468 g/mol. The highest BCUT2D eigenvalue weighted by atomic mass is 32.2. The Bertz CT molecular complexity index is 1160. The normalized spacial score (nSPS) is 12.2. The molecule has 7 nitrogen and oxygen atoms in total. The number of methoxy groups -OCH3 is 1. The summed E-state index contributed by atoms with van der Waals surface area (Å²) in [6.45, 7) is 1.94. The third-order valence-corrected chi connectivity index (χ3v) is 6.95. The van der Waals surface area contributed by atoms with Crippen LogP contribution in [0.5, 0.6) is 11.5 Å². The number of carbonyl (C=O) groups is 1. The zero-order valence-corrected chi connectivity index (χ0v) is 19.7. The average molecular weight is 469 g/mol. The van der Waals surface area contributed by atoms with Crippen molar-refractivity contribution in [3.63, 3.8) is 0 Å². The van der Waals surface area contributed by atoms with Gasteiger partial charge in [0.25, 0.3) is 5.91 Å². The predicted octanol–water partition coefficient (Wildman–Crippen LogP) is 3.77. The Kier molecular flexibility index (Phi) is 8.08. The van der Waals surface area contributed by atoms with Crippen LogP contribution in [0.1, 0.15) is 24.1 Å². The Hall–Kier alpha value is -3.36. The summed E-state index contributed by atoms with van der Waals surface area (Å²) in [5, 5.41) is 2.87. The van der Waals surface area contributed by atoms with Crippen LogP contribution in [0.25, 0.3) is 0 Å². The summed E-state index contributed by atoms with van der Waals surface area (Å²) in [6.07, 6.45) is 0. The number of sulfonamides is 1. The number of amides is 1. The highest BCUT2D eigenvalue weighted by Crippen LogP contribution is 2.24. The van der Waals surface area contributed by atoms with E-state index in [0.717, 1.165) is 11.1 Å². The van der Waals surface area contributed by atoms with Gasteiger partial charge in [0.05, 0.1) is 18.0 Å². The molecule has 3 aromatic carbocycles. The molecule has 3 rings (SSSR count). The molecule has 0 aliphatic carbocycles. The van der Waals surface area contributed by atoms with Gasteiger partial charge in [0, 0.05) is 19.2 Å². The summed E-state index contributed by atoms with van der Waals surface area (Å²) in [5.41, 5.74) is 1.76. The molecule has 8 heteroatoms. The Morgan fingerprint density at radius 1 is 0.970 bits per heavy atom. The molecule has 3 aromatic rings. The molecule has 0 aromatic heterocycles. The summed E-state index contributed by atoms with van der Waals surface area (Å²) >= 11 is 0. The number of nitrogens with one attached hydrogen (secondary N) is 1. The maximum absolute atomic E-state index is 12.8. The van der Waals surface area contributed by atoms with Gasteiger partial charge in [-0.15, -0.1) is 0 Å². The summed E-state index contributed by atoms with van der Waals surface area (Å²) in [6, 6.07) is 22.6. The highest BCUT2D eigenvalue weighted by molar-refractivity contribution is 7.89. The van der Waals surface area contributed by atoms with Gasteiger partial charge in [-0.2, -0.15) is 4.31 Å². The molecule has 0 aliphatic rings. The number of rotatable bonds is 10. The van der Waals surface area contributed by atoms with Crippen LogP contribution >= 0.6 is 0 Å².